The van der Waals surface area contributed by atoms with E-state index in [2.05, 4.69) is 0 Å². The summed E-state index contributed by atoms with van der Waals surface area (Å²) in [5, 5.41) is 10.1. The molecular formula is C29H32N2O7S. The zero-order valence-electron chi connectivity index (χ0n) is 22.6. The lowest BCUT2D eigenvalue weighted by Gasteiger charge is -2.27. The monoisotopic (exact) mass is 552 g/mol. The van der Waals surface area contributed by atoms with Crippen molar-refractivity contribution in [3.8, 4) is 23.0 Å². The number of carbonyl (C=O) groups excluding carboxylic acids is 1. The van der Waals surface area contributed by atoms with E-state index in [4.69, 9.17) is 23.9 Å². The maximum absolute atomic E-state index is 14.0. The molecule has 0 spiro atoms. The van der Waals surface area contributed by atoms with Gasteiger partial charge in [-0.2, -0.15) is 0 Å². The molecule has 0 fully saturated rings. The molecular weight excluding hydrogens is 520 g/mol. The molecule has 206 valence electrons. The van der Waals surface area contributed by atoms with Gasteiger partial charge in [0.2, 0.25) is 0 Å². The number of carbonyl (C=O) groups is 1. The topological polar surface area (TPSA) is 109 Å². The molecule has 0 saturated carbocycles. The first-order chi connectivity index (χ1) is 18.9. The van der Waals surface area contributed by atoms with E-state index in [1.165, 1.54) is 29.1 Å². The van der Waals surface area contributed by atoms with Gasteiger partial charge in [0.15, 0.2) is 16.3 Å². The summed E-state index contributed by atoms with van der Waals surface area (Å²) < 4.78 is 24.0. The van der Waals surface area contributed by atoms with Crippen molar-refractivity contribution >= 4 is 23.4 Å². The fourth-order valence-electron chi connectivity index (χ4n) is 4.51. The smallest absolute Gasteiger partial charge is 0.338 e. The lowest BCUT2D eigenvalue weighted by Crippen LogP contribution is -2.40. The van der Waals surface area contributed by atoms with Gasteiger partial charge in [-0.05, 0) is 62.2 Å². The number of methoxy groups -OCH3 is 2. The number of aromatic hydroxyl groups is 1. The van der Waals surface area contributed by atoms with E-state index in [-0.39, 0.29) is 17.9 Å². The van der Waals surface area contributed by atoms with Crippen molar-refractivity contribution < 1.29 is 28.8 Å². The molecule has 0 radical (unpaired) electrons. The van der Waals surface area contributed by atoms with Gasteiger partial charge < -0.3 is 24.1 Å². The van der Waals surface area contributed by atoms with Crippen LogP contribution in [0.3, 0.4) is 0 Å². The average molecular weight is 553 g/mol. The number of phenolic OH excluding ortho intramolecular Hbond substituents is 1. The number of allylic oxidation sites excluding steroid dienone is 1. The number of fused-ring (bicyclic) bond motifs is 1. The Bertz CT molecular complexity index is 1590. The van der Waals surface area contributed by atoms with Crippen LogP contribution >= 0.6 is 11.3 Å². The first kappa shape index (κ1) is 28.0. The van der Waals surface area contributed by atoms with Crippen LogP contribution in [0.4, 0.5) is 0 Å². The summed E-state index contributed by atoms with van der Waals surface area (Å²) >= 11 is 1.23. The Balaban J connectivity index is 2.02. The lowest BCUT2D eigenvalue weighted by atomic mass is 9.93. The van der Waals surface area contributed by atoms with Crippen molar-refractivity contribution in [2.24, 2.45) is 4.99 Å². The Morgan fingerprint density at radius 3 is 2.54 bits per heavy atom. The van der Waals surface area contributed by atoms with Crippen LogP contribution in [0.2, 0.25) is 0 Å². The van der Waals surface area contributed by atoms with E-state index in [9.17, 15) is 14.7 Å². The predicted molar refractivity (Wildman–Crippen MR) is 148 cm³/mol. The van der Waals surface area contributed by atoms with Crippen LogP contribution in [-0.2, 0) is 9.53 Å². The number of esters is 1. The highest BCUT2D eigenvalue weighted by molar-refractivity contribution is 7.07. The molecule has 2 heterocycles. The molecule has 1 N–H and O–H groups in total. The molecule has 4 rings (SSSR count). The molecule has 1 aliphatic rings. The highest BCUT2D eigenvalue weighted by atomic mass is 32.1. The summed E-state index contributed by atoms with van der Waals surface area (Å²) in [6, 6.07) is 9.33. The molecule has 39 heavy (non-hydrogen) atoms. The van der Waals surface area contributed by atoms with Gasteiger partial charge in [0.25, 0.3) is 5.56 Å². The molecule has 9 nitrogen and oxygen atoms in total. The maximum atomic E-state index is 14.0. The highest BCUT2D eigenvalue weighted by Crippen LogP contribution is 2.38. The zero-order valence-corrected chi connectivity index (χ0v) is 23.5. The van der Waals surface area contributed by atoms with Crippen LogP contribution in [0.1, 0.15) is 50.8 Å². The van der Waals surface area contributed by atoms with Crippen LogP contribution in [0.25, 0.3) is 6.08 Å². The fourth-order valence-corrected chi connectivity index (χ4v) is 5.53. The van der Waals surface area contributed by atoms with Crippen molar-refractivity contribution in [2.45, 2.75) is 39.7 Å². The predicted octanol–water partition coefficient (Wildman–Crippen LogP) is 3.70. The Hall–Kier alpha value is -4.05. The van der Waals surface area contributed by atoms with Gasteiger partial charge in [-0.3, -0.25) is 9.36 Å². The first-order valence-corrected chi connectivity index (χ1v) is 13.6. The number of aromatic nitrogens is 1. The number of phenols is 1. The standard InChI is InChI=1S/C29H32N2O7S/c1-6-9-20-25(28(34)38-8-3)26(19-16-18(35-4)11-13-22(19)36-5)31-27(33)24(39-29(31)30-20)15-17-10-12-21(32)23(14-17)37-7-2/h10-16,26,32H,6-9H2,1-5H3/b24-15-/t26-/m1/s1. The van der Waals surface area contributed by atoms with Gasteiger partial charge in [0, 0.05) is 5.56 Å². The average Bonchev–Trinajstić information content (AvgIpc) is 3.24. The van der Waals surface area contributed by atoms with Crippen LogP contribution < -0.4 is 29.1 Å². The van der Waals surface area contributed by atoms with Crippen molar-refractivity contribution in [3.63, 3.8) is 0 Å². The molecule has 0 bridgehead atoms. The van der Waals surface area contributed by atoms with E-state index < -0.39 is 12.0 Å². The summed E-state index contributed by atoms with van der Waals surface area (Å²) in [6.45, 7) is 6.13. The number of thiazole rings is 1. The Morgan fingerprint density at radius 2 is 1.87 bits per heavy atom. The number of hydrogen-bond acceptors (Lipinski definition) is 9. The second-order valence-electron chi connectivity index (χ2n) is 8.68. The number of nitrogens with zero attached hydrogens (tertiary/aromatic N) is 2. The minimum atomic E-state index is -0.840. The molecule has 0 amide bonds. The Labute approximate surface area is 230 Å². The van der Waals surface area contributed by atoms with Crippen LogP contribution in [0.15, 0.2) is 57.5 Å². The minimum absolute atomic E-state index is 0.0175. The van der Waals surface area contributed by atoms with Gasteiger partial charge in [-0.25, -0.2) is 9.79 Å². The van der Waals surface area contributed by atoms with E-state index in [1.807, 2.05) is 13.8 Å². The third-order valence-electron chi connectivity index (χ3n) is 6.21. The maximum Gasteiger partial charge on any atom is 0.338 e. The Morgan fingerprint density at radius 1 is 1.08 bits per heavy atom. The van der Waals surface area contributed by atoms with Crippen molar-refractivity contribution in [3.05, 3.63) is 78.5 Å². The molecule has 0 unspecified atom stereocenters. The van der Waals surface area contributed by atoms with Gasteiger partial charge in [0.05, 0.1) is 43.2 Å². The molecule has 0 aliphatic carbocycles. The van der Waals surface area contributed by atoms with Gasteiger partial charge >= 0.3 is 5.97 Å². The quantitative estimate of drug-likeness (QED) is 0.382. The van der Waals surface area contributed by atoms with E-state index >= 15 is 0 Å². The van der Waals surface area contributed by atoms with E-state index in [0.29, 0.717) is 62.0 Å². The first-order valence-electron chi connectivity index (χ1n) is 12.8. The van der Waals surface area contributed by atoms with Gasteiger partial charge in [-0.1, -0.05) is 30.7 Å². The number of ether oxygens (including phenoxy) is 4. The second-order valence-corrected chi connectivity index (χ2v) is 9.69. The molecule has 0 saturated heterocycles. The molecule has 10 heteroatoms. The highest BCUT2D eigenvalue weighted by Gasteiger charge is 2.36. The van der Waals surface area contributed by atoms with Crippen LogP contribution in [0, 0.1) is 0 Å². The summed E-state index contributed by atoms with van der Waals surface area (Å²) in [6.07, 6.45) is 2.99. The zero-order chi connectivity index (χ0) is 28.1. The summed E-state index contributed by atoms with van der Waals surface area (Å²) in [5.41, 5.74) is 1.81. The molecule has 3 aromatic rings. The normalized spacial score (nSPS) is 15.0. The van der Waals surface area contributed by atoms with Gasteiger partial charge in [-0.15, -0.1) is 0 Å². The fraction of sp³-hybridized carbons (Fsp3) is 0.345. The van der Waals surface area contributed by atoms with Crippen molar-refractivity contribution in [1.82, 2.24) is 4.57 Å². The largest absolute Gasteiger partial charge is 0.504 e. The van der Waals surface area contributed by atoms with Crippen LogP contribution in [0.5, 0.6) is 23.0 Å². The second kappa shape index (κ2) is 12.2. The lowest BCUT2D eigenvalue weighted by molar-refractivity contribution is -0.139. The number of hydrogen-bond donors (Lipinski definition) is 1. The minimum Gasteiger partial charge on any atom is -0.504 e. The number of benzene rings is 2. The van der Waals surface area contributed by atoms with Crippen LogP contribution in [-0.4, -0.2) is 43.1 Å². The molecule has 1 aromatic heterocycles. The third-order valence-corrected chi connectivity index (χ3v) is 7.19. The summed E-state index contributed by atoms with van der Waals surface area (Å²) in [7, 11) is 3.09. The van der Waals surface area contributed by atoms with Crippen molar-refractivity contribution in [2.75, 3.05) is 27.4 Å². The summed E-state index contributed by atoms with van der Waals surface area (Å²) in [4.78, 5) is 32.6. The summed E-state index contributed by atoms with van der Waals surface area (Å²) in [5.74, 6) is 0.859. The number of rotatable bonds is 10. The molecule has 1 aliphatic heterocycles. The Kier molecular flexibility index (Phi) is 8.75. The SMILES string of the molecule is CCCC1=C(C(=O)OCC)[C@@H](c2cc(OC)ccc2OC)n2c(s/c(=C\c3ccc(O)c(OCC)c3)c2=O)=N1. The molecule has 1 atom stereocenters. The third kappa shape index (κ3) is 5.56. The van der Waals surface area contributed by atoms with E-state index in [1.54, 1.807) is 50.4 Å². The molecule has 2 aromatic carbocycles. The van der Waals surface area contributed by atoms with Gasteiger partial charge in [0.1, 0.15) is 17.5 Å². The van der Waals surface area contributed by atoms with Crippen molar-refractivity contribution in [1.29, 1.82) is 0 Å². The van der Waals surface area contributed by atoms with E-state index in [0.717, 1.165) is 6.42 Å².